The van der Waals surface area contributed by atoms with E-state index in [4.69, 9.17) is 0 Å². The fourth-order valence-electron chi connectivity index (χ4n) is 1.98. The van der Waals surface area contributed by atoms with Gasteiger partial charge in [-0.05, 0) is 37.3 Å². The zero-order valence-electron chi connectivity index (χ0n) is 10.2. The highest BCUT2D eigenvalue weighted by Gasteiger charge is 2.27. The van der Waals surface area contributed by atoms with Crippen LogP contribution in [-0.4, -0.2) is 23.9 Å². The lowest BCUT2D eigenvalue weighted by molar-refractivity contribution is 0.0744. The van der Waals surface area contributed by atoms with Crippen LogP contribution >= 0.6 is 12.6 Å². The average molecular weight is 249 g/mol. The van der Waals surface area contributed by atoms with E-state index in [0.717, 1.165) is 35.9 Å². The first-order valence-corrected chi connectivity index (χ1v) is 6.74. The first-order chi connectivity index (χ1) is 8.22. The molecule has 0 aliphatic heterocycles. The van der Waals surface area contributed by atoms with Crippen molar-refractivity contribution in [1.29, 1.82) is 0 Å². The van der Waals surface area contributed by atoms with Crippen molar-refractivity contribution >= 4 is 18.5 Å². The van der Waals surface area contributed by atoms with Crippen molar-refractivity contribution in [1.82, 2.24) is 4.90 Å². The number of benzene rings is 1. The van der Waals surface area contributed by atoms with Crippen molar-refractivity contribution < 1.29 is 4.79 Å². The molecule has 0 aromatic heterocycles. The lowest BCUT2D eigenvalue weighted by Crippen LogP contribution is -2.33. The summed E-state index contributed by atoms with van der Waals surface area (Å²) < 4.78 is 0. The second kappa shape index (κ2) is 5.58. The first kappa shape index (κ1) is 12.5. The summed E-state index contributed by atoms with van der Waals surface area (Å²) in [6, 6.07) is 7.54. The Hall–Kier alpha value is -0.960. The van der Waals surface area contributed by atoms with Crippen LogP contribution in [0.25, 0.3) is 0 Å². The van der Waals surface area contributed by atoms with Crippen molar-refractivity contribution in [2.75, 3.05) is 13.1 Å². The molecule has 0 atom stereocenters. The third kappa shape index (κ3) is 3.25. The highest BCUT2D eigenvalue weighted by Crippen LogP contribution is 2.30. The zero-order chi connectivity index (χ0) is 12.3. The molecule has 1 aromatic rings. The third-order valence-electron chi connectivity index (χ3n) is 3.09. The van der Waals surface area contributed by atoms with Gasteiger partial charge < -0.3 is 4.90 Å². The summed E-state index contributed by atoms with van der Waals surface area (Å²) >= 11 is 4.36. The van der Waals surface area contributed by atoms with Crippen molar-refractivity contribution in [2.24, 2.45) is 5.92 Å². The summed E-state index contributed by atoms with van der Waals surface area (Å²) in [7, 11) is 0. The fourth-order valence-corrected chi connectivity index (χ4v) is 2.24. The Morgan fingerprint density at radius 1 is 1.41 bits per heavy atom. The maximum atomic E-state index is 12.4. The summed E-state index contributed by atoms with van der Waals surface area (Å²) in [6.45, 7) is 3.87. The molecule has 2 nitrogen and oxygen atoms in total. The van der Waals surface area contributed by atoms with Gasteiger partial charge in [0.15, 0.2) is 0 Å². The SMILES string of the molecule is CCCN(CC1CC1)C(=O)c1ccccc1S. The second-order valence-corrected chi connectivity index (χ2v) is 5.19. The first-order valence-electron chi connectivity index (χ1n) is 6.29. The molecule has 1 amide bonds. The van der Waals surface area contributed by atoms with E-state index in [0.29, 0.717) is 0 Å². The molecule has 0 saturated heterocycles. The molecule has 1 fully saturated rings. The van der Waals surface area contributed by atoms with E-state index in [2.05, 4.69) is 19.6 Å². The van der Waals surface area contributed by atoms with Crippen LogP contribution in [0, 0.1) is 5.92 Å². The lowest BCUT2D eigenvalue weighted by atomic mass is 10.2. The molecule has 1 aromatic carbocycles. The van der Waals surface area contributed by atoms with Gasteiger partial charge in [-0.15, -0.1) is 12.6 Å². The number of rotatable bonds is 5. The van der Waals surface area contributed by atoms with E-state index in [1.165, 1.54) is 12.8 Å². The standard InChI is InChI=1S/C14H19NOS/c1-2-9-15(10-11-7-8-11)14(16)12-5-3-4-6-13(12)17/h3-6,11,17H,2,7-10H2,1H3. The quantitative estimate of drug-likeness (QED) is 0.794. The van der Waals surface area contributed by atoms with Crippen LogP contribution in [0.2, 0.25) is 0 Å². The Morgan fingerprint density at radius 3 is 2.71 bits per heavy atom. The Morgan fingerprint density at radius 2 is 2.12 bits per heavy atom. The van der Waals surface area contributed by atoms with E-state index in [9.17, 15) is 4.79 Å². The van der Waals surface area contributed by atoms with Gasteiger partial charge in [-0.25, -0.2) is 0 Å². The highest BCUT2D eigenvalue weighted by atomic mass is 32.1. The molecule has 0 unspecified atom stereocenters. The third-order valence-corrected chi connectivity index (χ3v) is 3.48. The van der Waals surface area contributed by atoms with Gasteiger partial charge >= 0.3 is 0 Å². The normalized spacial score (nSPS) is 14.7. The van der Waals surface area contributed by atoms with Crippen molar-refractivity contribution in [3.63, 3.8) is 0 Å². The Bertz CT molecular complexity index is 401. The van der Waals surface area contributed by atoms with Gasteiger partial charge in [0.05, 0.1) is 5.56 Å². The van der Waals surface area contributed by atoms with E-state index in [-0.39, 0.29) is 5.91 Å². The predicted molar refractivity (Wildman–Crippen MR) is 72.6 cm³/mol. The molecule has 0 bridgehead atoms. The smallest absolute Gasteiger partial charge is 0.254 e. The second-order valence-electron chi connectivity index (χ2n) is 4.71. The minimum atomic E-state index is 0.129. The van der Waals surface area contributed by atoms with Gasteiger partial charge in [-0.3, -0.25) is 4.79 Å². The van der Waals surface area contributed by atoms with Crippen molar-refractivity contribution in [3.05, 3.63) is 29.8 Å². The highest BCUT2D eigenvalue weighted by molar-refractivity contribution is 7.80. The van der Waals surface area contributed by atoms with Crippen LogP contribution in [0.3, 0.4) is 0 Å². The van der Waals surface area contributed by atoms with Crippen LogP contribution in [0.5, 0.6) is 0 Å². The molecule has 17 heavy (non-hydrogen) atoms. The van der Waals surface area contributed by atoms with Crippen molar-refractivity contribution in [3.8, 4) is 0 Å². The number of thiol groups is 1. The molecule has 2 rings (SSSR count). The number of nitrogens with zero attached hydrogens (tertiary/aromatic N) is 1. The molecule has 3 heteroatoms. The van der Waals surface area contributed by atoms with Gasteiger partial charge in [0.1, 0.15) is 0 Å². The number of amides is 1. The number of carbonyl (C=O) groups is 1. The maximum absolute atomic E-state index is 12.4. The monoisotopic (exact) mass is 249 g/mol. The van der Waals surface area contributed by atoms with Crippen LogP contribution in [0.1, 0.15) is 36.5 Å². The Balaban J connectivity index is 2.11. The molecule has 1 saturated carbocycles. The molecule has 1 aliphatic rings. The van der Waals surface area contributed by atoms with Crippen LogP contribution in [0.15, 0.2) is 29.2 Å². The molecule has 0 radical (unpaired) electrons. The van der Waals surface area contributed by atoms with E-state index in [1.54, 1.807) is 0 Å². The molecule has 0 spiro atoms. The maximum Gasteiger partial charge on any atom is 0.254 e. The van der Waals surface area contributed by atoms with Crippen LogP contribution in [0.4, 0.5) is 0 Å². The molecule has 0 heterocycles. The Kier molecular flexibility index (Phi) is 4.11. The van der Waals surface area contributed by atoms with Crippen molar-refractivity contribution in [2.45, 2.75) is 31.1 Å². The van der Waals surface area contributed by atoms with Gasteiger partial charge in [0, 0.05) is 18.0 Å². The predicted octanol–water partition coefficient (Wildman–Crippen LogP) is 3.24. The minimum absolute atomic E-state index is 0.129. The fraction of sp³-hybridized carbons (Fsp3) is 0.500. The Labute approximate surface area is 108 Å². The van der Waals surface area contributed by atoms with Gasteiger partial charge in [0.2, 0.25) is 0 Å². The molecular formula is C14H19NOS. The largest absolute Gasteiger partial charge is 0.338 e. The lowest BCUT2D eigenvalue weighted by Gasteiger charge is -2.22. The number of hydrogen-bond donors (Lipinski definition) is 1. The topological polar surface area (TPSA) is 20.3 Å². The van der Waals surface area contributed by atoms with Crippen LogP contribution < -0.4 is 0 Å². The zero-order valence-corrected chi connectivity index (χ0v) is 11.1. The van der Waals surface area contributed by atoms with Gasteiger partial charge in [-0.1, -0.05) is 19.1 Å². The van der Waals surface area contributed by atoms with Gasteiger partial charge in [0.25, 0.3) is 5.91 Å². The van der Waals surface area contributed by atoms with Gasteiger partial charge in [-0.2, -0.15) is 0 Å². The molecule has 1 aliphatic carbocycles. The molecule has 92 valence electrons. The summed E-state index contributed by atoms with van der Waals surface area (Å²) in [5.41, 5.74) is 0.727. The summed E-state index contributed by atoms with van der Waals surface area (Å²) in [6.07, 6.45) is 3.55. The van der Waals surface area contributed by atoms with E-state index < -0.39 is 0 Å². The van der Waals surface area contributed by atoms with Crippen LogP contribution in [-0.2, 0) is 0 Å². The molecular weight excluding hydrogens is 230 g/mol. The van der Waals surface area contributed by atoms with E-state index in [1.807, 2.05) is 29.2 Å². The minimum Gasteiger partial charge on any atom is -0.338 e. The summed E-state index contributed by atoms with van der Waals surface area (Å²) in [5, 5.41) is 0. The molecule has 0 N–H and O–H groups in total. The average Bonchev–Trinajstić information content (AvgIpc) is 3.12. The number of hydrogen-bond acceptors (Lipinski definition) is 2. The summed E-state index contributed by atoms with van der Waals surface area (Å²) in [4.78, 5) is 15.1. The number of carbonyl (C=O) groups excluding carboxylic acids is 1. The van der Waals surface area contributed by atoms with E-state index >= 15 is 0 Å². The summed E-state index contributed by atoms with van der Waals surface area (Å²) in [5.74, 6) is 0.863.